The number of piperidine rings is 1. The molecule has 2 fully saturated rings. The fourth-order valence-corrected chi connectivity index (χ4v) is 4.37. The van der Waals surface area contributed by atoms with Gasteiger partial charge < -0.3 is 14.5 Å². The monoisotopic (exact) mass is 479 g/mol. The summed E-state index contributed by atoms with van der Waals surface area (Å²) in [6, 6.07) is 12.8. The van der Waals surface area contributed by atoms with E-state index in [1.54, 1.807) is 24.7 Å². The lowest BCUT2D eigenvalue weighted by Crippen LogP contribution is -2.43. The Hall–Kier alpha value is -3.80. The van der Waals surface area contributed by atoms with Crippen molar-refractivity contribution in [1.29, 1.82) is 5.26 Å². The minimum Gasteiger partial charge on any atom is -0.488 e. The van der Waals surface area contributed by atoms with Gasteiger partial charge in [0.05, 0.1) is 23.4 Å². The average Bonchev–Trinajstić information content (AvgIpc) is 3.70. The molecule has 3 heterocycles. The number of ether oxygens (including phenoxy) is 1. The number of nitrogens with zero attached hydrogens (tertiary/aromatic N) is 5. The Balaban J connectivity index is 1.42. The quantitative estimate of drug-likeness (QED) is 0.451. The fraction of sp³-hybridized carbons (Fsp3) is 0.346. The van der Waals surface area contributed by atoms with Crippen molar-refractivity contribution in [2.45, 2.75) is 44.0 Å². The van der Waals surface area contributed by atoms with Crippen LogP contribution in [0.5, 0.6) is 5.75 Å². The molecule has 0 amide bonds. The van der Waals surface area contributed by atoms with Gasteiger partial charge in [-0.3, -0.25) is 4.98 Å². The van der Waals surface area contributed by atoms with Crippen LogP contribution in [-0.4, -0.2) is 35.2 Å². The molecule has 1 aliphatic heterocycles. The number of halogens is 3. The zero-order valence-electron chi connectivity index (χ0n) is 18.9. The van der Waals surface area contributed by atoms with E-state index in [0.29, 0.717) is 17.0 Å². The van der Waals surface area contributed by atoms with Crippen LogP contribution in [0.15, 0.2) is 61.1 Å². The number of benzene rings is 1. The maximum absolute atomic E-state index is 13.2. The summed E-state index contributed by atoms with van der Waals surface area (Å²) < 4.78 is 45.7. The van der Waals surface area contributed by atoms with E-state index in [1.807, 2.05) is 12.1 Å². The standard InChI is InChI=1S/C26H24F3N5O/c27-26(28,29)19-2-4-20(5-3-19)34(23-17-31-12-9-24(23)35-22-6-7-22)21-10-13-33(14-11-21)25-8-1-18(15-30)16-32-25/h1-5,8-9,12,16-17,21-22H,6-7,10-11,13-14H2. The van der Waals surface area contributed by atoms with Crippen LogP contribution in [0.1, 0.15) is 36.8 Å². The molecular formula is C26H24F3N5O. The third-order valence-corrected chi connectivity index (χ3v) is 6.34. The van der Waals surface area contributed by atoms with Gasteiger partial charge in [0.25, 0.3) is 0 Å². The van der Waals surface area contributed by atoms with E-state index < -0.39 is 11.7 Å². The Morgan fingerprint density at radius 1 is 0.971 bits per heavy atom. The molecule has 1 saturated carbocycles. The Kier molecular flexibility index (Phi) is 6.20. The van der Waals surface area contributed by atoms with Crippen LogP contribution in [0.25, 0.3) is 0 Å². The number of aromatic nitrogens is 2. The lowest BCUT2D eigenvalue weighted by molar-refractivity contribution is -0.137. The van der Waals surface area contributed by atoms with E-state index in [-0.39, 0.29) is 12.1 Å². The predicted octanol–water partition coefficient (Wildman–Crippen LogP) is 5.72. The van der Waals surface area contributed by atoms with Crippen LogP contribution in [0.3, 0.4) is 0 Å². The van der Waals surface area contributed by atoms with Gasteiger partial charge in [0, 0.05) is 43.3 Å². The second kappa shape index (κ2) is 9.45. The topological polar surface area (TPSA) is 65.3 Å². The molecule has 0 radical (unpaired) electrons. The number of pyridine rings is 2. The van der Waals surface area contributed by atoms with Gasteiger partial charge in [-0.1, -0.05) is 0 Å². The maximum Gasteiger partial charge on any atom is 0.416 e. The summed E-state index contributed by atoms with van der Waals surface area (Å²) in [6.45, 7) is 1.44. The summed E-state index contributed by atoms with van der Waals surface area (Å²) in [5, 5.41) is 9.01. The molecule has 35 heavy (non-hydrogen) atoms. The zero-order chi connectivity index (χ0) is 24.4. The van der Waals surface area contributed by atoms with E-state index in [1.165, 1.54) is 12.1 Å². The fourth-order valence-electron chi connectivity index (χ4n) is 4.37. The summed E-state index contributed by atoms with van der Waals surface area (Å²) in [4.78, 5) is 12.9. The molecule has 2 aromatic heterocycles. The Morgan fingerprint density at radius 3 is 2.31 bits per heavy atom. The highest BCUT2D eigenvalue weighted by molar-refractivity contribution is 5.69. The molecule has 1 aromatic carbocycles. The average molecular weight is 480 g/mol. The van der Waals surface area contributed by atoms with E-state index in [4.69, 9.17) is 10.00 Å². The second-order valence-electron chi connectivity index (χ2n) is 8.81. The van der Waals surface area contributed by atoms with E-state index in [0.717, 1.165) is 62.4 Å². The zero-order valence-corrected chi connectivity index (χ0v) is 18.9. The predicted molar refractivity (Wildman–Crippen MR) is 126 cm³/mol. The van der Waals surface area contributed by atoms with Crippen LogP contribution >= 0.6 is 0 Å². The van der Waals surface area contributed by atoms with Crippen molar-refractivity contribution < 1.29 is 17.9 Å². The van der Waals surface area contributed by atoms with Crippen LogP contribution in [-0.2, 0) is 6.18 Å². The lowest BCUT2D eigenvalue weighted by atomic mass is 10.0. The summed E-state index contributed by atoms with van der Waals surface area (Å²) in [5.74, 6) is 1.50. The van der Waals surface area contributed by atoms with Crippen molar-refractivity contribution in [1.82, 2.24) is 9.97 Å². The Labute approximate surface area is 201 Å². The highest BCUT2D eigenvalue weighted by Crippen LogP contribution is 2.41. The molecule has 0 spiro atoms. The molecule has 1 aliphatic carbocycles. The van der Waals surface area contributed by atoms with Crippen molar-refractivity contribution in [3.05, 3.63) is 72.2 Å². The van der Waals surface area contributed by atoms with Gasteiger partial charge in [0.1, 0.15) is 23.3 Å². The molecule has 0 unspecified atom stereocenters. The van der Waals surface area contributed by atoms with Gasteiger partial charge in [-0.05, 0) is 62.1 Å². The highest BCUT2D eigenvalue weighted by Gasteiger charge is 2.33. The highest BCUT2D eigenvalue weighted by atomic mass is 19.4. The van der Waals surface area contributed by atoms with Gasteiger partial charge in [-0.2, -0.15) is 18.4 Å². The third kappa shape index (κ3) is 5.16. The van der Waals surface area contributed by atoms with Gasteiger partial charge in [-0.25, -0.2) is 4.98 Å². The number of hydrogen-bond acceptors (Lipinski definition) is 6. The molecule has 180 valence electrons. The summed E-state index contributed by atoms with van der Waals surface area (Å²) in [6.07, 6.45) is 4.27. The first-order valence-electron chi connectivity index (χ1n) is 11.6. The first-order valence-corrected chi connectivity index (χ1v) is 11.6. The smallest absolute Gasteiger partial charge is 0.416 e. The minimum absolute atomic E-state index is 0.0344. The van der Waals surface area contributed by atoms with Crippen LogP contribution < -0.4 is 14.5 Å². The number of anilines is 3. The molecule has 0 atom stereocenters. The molecular weight excluding hydrogens is 455 g/mol. The Morgan fingerprint density at radius 2 is 1.71 bits per heavy atom. The first-order chi connectivity index (χ1) is 16.9. The SMILES string of the molecule is N#Cc1ccc(N2CCC(N(c3ccc(C(F)(F)F)cc3)c3cnccc3OC3CC3)CC2)nc1. The van der Waals surface area contributed by atoms with Crippen LogP contribution in [0.4, 0.5) is 30.4 Å². The molecule has 1 saturated heterocycles. The lowest BCUT2D eigenvalue weighted by Gasteiger charge is -2.40. The first kappa shape index (κ1) is 23.0. The molecule has 2 aliphatic rings. The van der Waals surface area contributed by atoms with Gasteiger partial charge in [0.2, 0.25) is 0 Å². The van der Waals surface area contributed by atoms with Gasteiger partial charge >= 0.3 is 6.18 Å². The van der Waals surface area contributed by atoms with Crippen LogP contribution in [0.2, 0.25) is 0 Å². The second-order valence-corrected chi connectivity index (χ2v) is 8.81. The minimum atomic E-state index is -4.39. The summed E-state index contributed by atoms with van der Waals surface area (Å²) in [5.41, 5.74) is 1.26. The van der Waals surface area contributed by atoms with Crippen molar-refractivity contribution in [2.75, 3.05) is 22.9 Å². The van der Waals surface area contributed by atoms with Gasteiger partial charge in [0.15, 0.2) is 0 Å². The summed E-state index contributed by atoms with van der Waals surface area (Å²) >= 11 is 0. The van der Waals surface area contributed by atoms with E-state index in [2.05, 4.69) is 25.8 Å². The van der Waals surface area contributed by atoms with Crippen LogP contribution in [0, 0.1) is 11.3 Å². The molecule has 5 rings (SSSR count). The molecule has 0 N–H and O–H groups in total. The third-order valence-electron chi connectivity index (χ3n) is 6.34. The largest absolute Gasteiger partial charge is 0.488 e. The molecule has 9 heteroatoms. The van der Waals surface area contributed by atoms with Crippen molar-refractivity contribution >= 4 is 17.2 Å². The van der Waals surface area contributed by atoms with Gasteiger partial charge in [-0.15, -0.1) is 0 Å². The van der Waals surface area contributed by atoms with E-state index in [9.17, 15) is 13.2 Å². The van der Waals surface area contributed by atoms with E-state index >= 15 is 0 Å². The number of rotatable bonds is 6. The molecule has 0 bridgehead atoms. The number of nitriles is 1. The molecule has 3 aromatic rings. The number of alkyl halides is 3. The number of hydrogen-bond donors (Lipinski definition) is 0. The van der Waals surface area contributed by atoms with Crippen molar-refractivity contribution in [3.8, 4) is 11.8 Å². The Bertz CT molecular complexity index is 1200. The molecule has 6 nitrogen and oxygen atoms in total. The normalized spacial score (nSPS) is 16.6. The summed E-state index contributed by atoms with van der Waals surface area (Å²) in [7, 11) is 0. The maximum atomic E-state index is 13.2. The van der Waals surface area contributed by atoms with Crippen molar-refractivity contribution in [3.63, 3.8) is 0 Å². The van der Waals surface area contributed by atoms with Crippen molar-refractivity contribution in [2.24, 2.45) is 0 Å².